The van der Waals surface area contributed by atoms with E-state index in [9.17, 15) is 18.0 Å². The molecule has 0 N–H and O–H groups in total. The van der Waals surface area contributed by atoms with E-state index in [2.05, 4.69) is 10.1 Å². The smallest absolute Gasteiger partial charge is 0.416 e. The van der Waals surface area contributed by atoms with Crippen LogP contribution in [0.15, 0.2) is 42.7 Å². The molecule has 0 bridgehead atoms. The Morgan fingerprint density at radius 3 is 2.54 bits per heavy atom. The molecule has 5 nitrogen and oxygen atoms in total. The molecule has 8 heteroatoms. The molecule has 2 heterocycles. The summed E-state index contributed by atoms with van der Waals surface area (Å²) in [5.41, 5.74) is 0.684. The number of ether oxygens (including phenoxy) is 1. The quantitative estimate of drug-likeness (QED) is 0.687. The number of benzene rings is 1. The van der Waals surface area contributed by atoms with Crippen LogP contribution in [-0.4, -0.2) is 27.2 Å². The van der Waals surface area contributed by atoms with Gasteiger partial charge in [0.15, 0.2) is 5.65 Å². The van der Waals surface area contributed by atoms with E-state index in [0.717, 1.165) is 12.1 Å². The summed E-state index contributed by atoms with van der Waals surface area (Å²) < 4.78 is 44.2. The van der Waals surface area contributed by atoms with Crippen molar-refractivity contribution in [1.82, 2.24) is 14.6 Å². The maximum absolute atomic E-state index is 12.6. The Morgan fingerprint density at radius 1 is 1.21 bits per heavy atom. The molecule has 0 radical (unpaired) electrons. The minimum atomic E-state index is -4.39. The molecule has 124 valence electrons. The predicted octanol–water partition coefficient (Wildman–Crippen LogP) is 3.59. The molecule has 0 saturated carbocycles. The lowest BCUT2D eigenvalue weighted by Gasteiger charge is -2.07. The summed E-state index contributed by atoms with van der Waals surface area (Å²) in [4.78, 5) is 16.2. The Labute approximate surface area is 134 Å². The van der Waals surface area contributed by atoms with Crippen LogP contribution in [0.5, 0.6) is 0 Å². The molecule has 0 aliphatic heterocycles. The fourth-order valence-corrected chi connectivity index (χ4v) is 2.21. The van der Waals surface area contributed by atoms with Gasteiger partial charge in [-0.1, -0.05) is 12.1 Å². The van der Waals surface area contributed by atoms with Crippen molar-refractivity contribution in [1.29, 1.82) is 0 Å². The van der Waals surface area contributed by atoms with Crippen molar-refractivity contribution in [2.75, 3.05) is 6.61 Å². The number of hydrogen-bond donors (Lipinski definition) is 0. The number of carbonyl (C=O) groups excluding carboxylic acids is 1. The third kappa shape index (κ3) is 2.94. The summed E-state index contributed by atoms with van der Waals surface area (Å²) >= 11 is 0. The van der Waals surface area contributed by atoms with Gasteiger partial charge in [0.25, 0.3) is 0 Å². The normalized spacial score (nSPS) is 11.7. The Hall–Kier alpha value is -2.90. The van der Waals surface area contributed by atoms with E-state index >= 15 is 0 Å². The summed E-state index contributed by atoms with van der Waals surface area (Å²) in [5, 5.41) is 4.01. The number of rotatable bonds is 3. The average Bonchev–Trinajstić information content (AvgIpc) is 2.97. The van der Waals surface area contributed by atoms with Gasteiger partial charge in [0, 0.05) is 11.8 Å². The number of carbonyl (C=O) groups is 1. The standard InChI is InChI=1S/C16H12F3N3O2/c1-2-24-15(23)12-9-20-22-8-7-13(21-14(12)22)10-3-5-11(6-4-10)16(17,18)19/h3-9H,2H2,1H3. The van der Waals surface area contributed by atoms with Gasteiger partial charge in [-0.3, -0.25) is 0 Å². The van der Waals surface area contributed by atoms with Gasteiger partial charge in [-0.2, -0.15) is 18.3 Å². The van der Waals surface area contributed by atoms with Crippen molar-refractivity contribution in [2.45, 2.75) is 13.1 Å². The lowest BCUT2D eigenvalue weighted by atomic mass is 10.1. The van der Waals surface area contributed by atoms with Crippen LogP contribution in [0.3, 0.4) is 0 Å². The van der Waals surface area contributed by atoms with E-state index < -0.39 is 17.7 Å². The highest BCUT2D eigenvalue weighted by Crippen LogP contribution is 2.30. The molecule has 0 unspecified atom stereocenters. The van der Waals surface area contributed by atoms with Gasteiger partial charge in [-0.05, 0) is 25.1 Å². The van der Waals surface area contributed by atoms with Crippen molar-refractivity contribution in [2.24, 2.45) is 0 Å². The number of nitrogens with zero attached hydrogens (tertiary/aromatic N) is 3. The summed E-state index contributed by atoms with van der Waals surface area (Å²) in [7, 11) is 0. The Bertz CT molecular complexity index is 886. The zero-order valence-electron chi connectivity index (χ0n) is 12.5. The molecule has 0 aliphatic carbocycles. The monoisotopic (exact) mass is 335 g/mol. The lowest BCUT2D eigenvalue weighted by molar-refractivity contribution is -0.137. The predicted molar refractivity (Wildman–Crippen MR) is 79.4 cm³/mol. The van der Waals surface area contributed by atoms with E-state index in [0.29, 0.717) is 11.3 Å². The number of alkyl halides is 3. The third-order valence-corrected chi connectivity index (χ3v) is 3.37. The molecule has 3 aromatic rings. The molecule has 24 heavy (non-hydrogen) atoms. The van der Waals surface area contributed by atoms with Gasteiger partial charge in [-0.25, -0.2) is 14.3 Å². The second-order valence-corrected chi connectivity index (χ2v) is 4.93. The largest absolute Gasteiger partial charge is 0.462 e. The highest BCUT2D eigenvalue weighted by Gasteiger charge is 2.30. The first-order valence-corrected chi connectivity index (χ1v) is 7.09. The Balaban J connectivity index is 2.01. The van der Waals surface area contributed by atoms with Crippen LogP contribution < -0.4 is 0 Å². The van der Waals surface area contributed by atoms with E-state index in [1.165, 1.54) is 22.8 Å². The molecule has 1 aromatic carbocycles. The van der Waals surface area contributed by atoms with Crippen molar-refractivity contribution in [3.8, 4) is 11.3 Å². The number of aromatic nitrogens is 3. The fourth-order valence-electron chi connectivity index (χ4n) is 2.21. The van der Waals surface area contributed by atoms with Crippen LogP contribution >= 0.6 is 0 Å². The van der Waals surface area contributed by atoms with Gasteiger partial charge in [-0.15, -0.1) is 0 Å². The maximum atomic E-state index is 12.6. The zero-order valence-corrected chi connectivity index (χ0v) is 12.5. The minimum Gasteiger partial charge on any atom is -0.462 e. The summed E-state index contributed by atoms with van der Waals surface area (Å²) in [6, 6.07) is 6.26. The third-order valence-electron chi connectivity index (χ3n) is 3.37. The van der Waals surface area contributed by atoms with E-state index in [1.54, 1.807) is 19.2 Å². The summed E-state index contributed by atoms with van der Waals surface area (Å²) in [6.07, 6.45) is -1.46. The van der Waals surface area contributed by atoms with Crippen LogP contribution in [0.2, 0.25) is 0 Å². The van der Waals surface area contributed by atoms with Gasteiger partial charge in [0.05, 0.1) is 24.1 Å². The van der Waals surface area contributed by atoms with Crippen LogP contribution in [0, 0.1) is 0 Å². The van der Waals surface area contributed by atoms with Gasteiger partial charge in [0.1, 0.15) is 5.56 Å². The number of halogens is 3. The van der Waals surface area contributed by atoms with Crippen LogP contribution in [-0.2, 0) is 10.9 Å². The van der Waals surface area contributed by atoms with Crippen molar-refractivity contribution in [3.05, 3.63) is 53.9 Å². The Kier molecular flexibility index (Phi) is 3.96. The van der Waals surface area contributed by atoms with Crippen molar-refractivity contribution in [3.63, 3.8) is 0 Å². The van der Waals surface area contributed by atoms with E-state index in [4.69, 9.17) is 4.74 Å². The second-order valence-electron chi connectivity index (χ2n) is 4.93. The van der Waals surface area contributed by atoms with Gasteiger partial charge < -0.3 is 4.74 Å². The van der Waals surface area contributed by atoms with Crippen LogP contribution in [0.25, 0.3) is 16.9 Å². The summed E-state index contributed by atoms with van der Waals surface area (Å²) in [6.45, 7) is 1.90. The van der Waals surface area contributed by atoms with Gasteiger partial charge in [0.2, 0.25) is 0 Å². The molecule has 0 spiro atoms. The molecular formula is C16H12F3N3O2. The molecule has 0 amide bonds. The molecule has 0 saturated heterocycles. The number of fused-ring (bicyclic) bond motifs is 1. The molecule has 3 rings (SSSR count). The summed E-state index contributed by atoms with van der Waals surface area (Å²) in [5.74, 6) is -0.551. The molecule has 0 atom stereocenters. The SMILES string of the molecule is CCOC(=O)c1cnn2ccc(-c3ccc(C(F)(F)F)cc3)nc12. The van der Waals surface area contributed by atoms with Crippen LogP contribution in [0.4, 0.5) is 13.2 Å². The second kappa shape index (κ2) is 5.95. The van der Waals surface area contributed by atoms with Crippen molar-refractivity contribution < 1.29 is 22.7 Å². The molecule has 2 aromatic heterocycles. The first-order chi connectivity index (χ1) is 11.4. The first kappa shape index (κ1) is 16.0. The first-order valence-electron chi connectivity index (χ1n) is 7.09. The van der Waals surface area contributed by atoms with Crippen LogP contribution in [0.1, 0.15) is 22.8 Å². The lowest BCUT2D eigenvalue weighted by Crippen LogP contribution is -2.05. The Morgan fingerprint density at radius 2 is 1.92 bits per heavy atom. The average molecular weight is 335 g/mol. The maximum Gasteiger partial charge on any atom is 0.416 e. The topological polar surface area (TPSA) is 56.5 Å². The molecular weight excluding hydrogens is 323 g/mol. The molecule has 0 fully saturated rings. The van der Waals surface area contributed by atoms with Crippen molar-refractivity contribution >= 4 is 11.6 Å². The zero-order chi connectivity index (χ0) is 17.3. The number of esters is 1. The number of hydrogen-bond acceptors (Lipinski definition) is 4. The van der Waals surface area contributed by atoms with Gasteiger partial charge >= 0.3 is 12.1 Å². The minimum absolute atomic E-state index is 0.200. The fraction of sp³-hybridized carbons (Fsp3) is 0.188. The molecule has 0 aliphatic rings. The van der Waals surface area contributed by atoms with E-state index in [1.807, 2.05) is 0 Å². The van der Waals surface area contributed by atoms with E-state index in [-0.39, 0.29) is 17.8 Å². The highest BCUT2D eigenvalue weighted by atomic mass is 19.4. The highest BCUT2D eigenvalue weighted by molar-refractivity contribution is 5.95.